The molecule has 0 heterocycles. The summed E-state index contributed by atoms with van der Waals surface area (Å²) in [7, 11) is 0. The highest BCUT2D eigenvalue weighted by atomic mass is 32.1. The van der Waals surface area contributed by atoms with Crippen LogP contribution in [0.2, 0.25) is 0 Å². The molecule has 0 spiro atoms. The van der Waals surface area contributed by atoms with E-state index in [4.69, 9.17) is 4.74 Å². The zero-order chi connectivity index (χ0) is 13.4. The fourth-order valence-corrected chi connectivity index (χ4v) is 3.77. The zero-order valence-electron chi connectivity index (χ0n) is 12.6. The van der Waals surface area contributed by atoms with Gasteiger partial charge in [-0.1, -0.05) is 46.5 Å². The van der Waals surface area contributed by atoms with Crippen LogP contribution in [0.1, 0.15) is 72.1 Å². The van der Waals surface area contributed by atoms with E-state index < -0.39 is 0 Å². The third-order valence-electron chi connectivity index (χ3n) is 4.41. The molecule has 1 nitrogen and oxygen atoms in total. The summed E-state index contributed by atoms with van der Waals surface area (Å²) in [6, 6.07) is 0. The SMILES string of the molecule is CCCC(CS)(CCC)COC1CCCC(C)C1. The topological polar surface area (TPSA) is 9.23 Å². The van der Waals surface area contributed by atoms with E-state index in [-0.39, 0.29) is 0 Å². The van der Waals surface area contributed by atoms with Crippen LogP contribution in [-0.4, -0.2) is 18.5 Å². The maximum Gasteiger partial charge on any atom is 0.0578 e. The first kappa shape index (κ1) is 16.4. The minimum atomic E-state index is 0.327. The fraction of sp³-hybridized carbons (Fsp3) is 1.00. The molecule has 0 N–H and O–H groups in total. The molecule has 108 valence electrons. The van der Waals surface area contributed by atoms with E-state index >= 15 is 0 Å². The second-order valence-corrected chi connectivity index (χ2v) is 6.68. The van der Waals surface area contributed by atoms with Crippen LogP contribution < -0.4 is 0 Å². The van der Waals surface area contributed by atoms with E-state index in [0.717, 1.165) is 18.3 Å². The second-order valence-electron chi connectivity index (χ2n) is 6.36. The molecule has 0 amide bonds. The van der Waals surface area contributed by atoms with Gasteiger partial charge >= 0.3 is 0 Å². The van der Waals surface area contributed by atoms with Crippen molar-refractivity contribution in [3.8, 4) is 0 Å². The molecule has 0 bridgehead atoms. The molecule has 2 heteroatoms. The molecule has 0 aromatic carbocycles. The van der Waals surface area contributed by atoms with Gasteiger partial charge in [-0.15, -0.1) is 0 Å². The highest BCUT2D eigenvalue weighted by Gasteiger charge is 2.29. The molecule has 1 saturated carbocycles. The minimum absolute atomic E-state index is 0.327. The van der Waals surface area contributed by atoms with Crippen molar-refractivity contribution >= 4 is 12.6 Å². The summed E-state index contributed by atoms with van der Waals surface area (Å²) in [6.45, 7) is 7.84. The summed E-state index contributed by atoms with van der Waals surface area (Å²) >= 11 is 4.60. The van der Waals surface area contributed by atoms with Gasteiger partial charge in [0, 0.05) is 5.41 Å². The van der Waals surface area contributed by atoms with Crippen molar-refractivity contribution in [1.29, 1.82) is 0 Å². The Balaban J connectivity index is 2.44. The van der Waals surface area contributed by atoms with Gasteiger partial charge in [0.05, 0.1) is 12.7 Å². The van der Waals surface area contributed by atoms with Crippen molar-refractivity contribution in [2.75, 3.05) is 12.4 Å². The smallest absolute Gasteiger partial charge is 0.0578 e. The zero-order valence-corrected chi connectivity index (χ0v) is 13.5. The Hall–Kier alpha value is 0.310. The number of thiol groups is 1. The van der Waals surface area contributed by atoms with E-state index in [1.54, 1.807) is 0 Å². The Bertz CT molecular complexity index is 211. The van der Waals surface area contributed by atoms with E-state index in [1.807, 2.05) is 0 Å². The maximum atomic E-state index is 6.27. The van der Waals surface area contributed by atoms with Gasteiger partial charge in [-0.3, -0.25) is 0 Å². The maximum absolute atomic E-state index is 6.27. The van der Waals surface area contributed by atoms with Gasteiger partial charge in [0.2, 0.25) is 0 Å². The lowest BCUT2D eigenvalue weighted by molar-refractivity contribution is -0.0324. The lowest BCUT2D eigenvalue weighted by atomic mass is 9.81. The largest absolute Gasteiger partial charge is 0.378 e. The van der Waals surface area contributed by atoms with Crippen LogP contribution in [0.4, 0.5) is 0 Å². The Morgan fingerprint density at radius 1 is 1.17 bits per heavy atom. The van der Waals surface area contributed by atoms with Crippen LogP contribution in [0.5, 0.6) is 0 Å². The van der Waals surface area contributed by atoms with Gasteiger partial charge in [0.15, 0.2) is 0 Å². The first-order chi connectivity index (χ1) is 8.65. The summed E-state index contributed by atoms with van der Waals surface area (Å²) < 4.78 is 6.27. The molecule has 1 rings (SSSR count). The van der Waals surface area contributed by atoms with Crippen LogP contribution in [0, 0.1) is 11.3 Å². The Kier molecular flexibility index (Phi) is 7.70. The van der Waals surface area contributed by atoms with E-state index in [0.29, 0.717) is 11.5 Å². The third kappa shape index (κ3) is 5.13. The van der Waals surface area contributed by atoms with Crippen LogP contribution >= 0.6 is 12.6 Å². The average molecular weight is 272 g/mol. The molecule has 0 aliphatic heterocycles. The van der Waals surface area contributed by atoms with Crippen LogP contribution in [0.3, 0.4) is 0 Å². The molecule has 0 radical (unpaired) electrons. The van der Waals surface area contributed by atoms with Crippen molar-refractivity contribution < 1.29 is 4.74 Å². The van der Waals surface area contributed by atoms with Gasteiger partial charge in [-0.05, 0) is 37.4 Å². The highest BCUT2D eigenvalue weighted by Crippen LogP contribution is 2.34. The number of hydrogen-bond donors (Lipinski definition) is 1. The van der Waals surface area contributed by atoms with Crippen molar-refractivity contribution in [2.45, 2.75) is 78.2 Å². The number of ether oxygens (including phenoxy) is 1. The third-order valence-corrected chi connectivity index (χ3v) is 5.08. The minimum Gasteiger partial charge on any atom is -0.378 e. The van der Waals surface area contributed by atoms with Crippen molar-refractivity contribution in [3.63, 3.8) is 0 Å². The van der Waals surface area contributed by atoms with Crippen LogP contribution in [-0.2, 0) is 4.74 Å². The molecular formula is C16H32OS. The number of hydrogen-bond acceptors (Lipinski definition) is 2. The summed E-state index contributed by atoms with van der Waals surface area (Å²) in [5.74, 6) is 1.82. The molecule has 1 fully saturated rings. The Morgan fingerprint density at radius 2 is 1.83 bits per heavy atom. The highest BCUT2D eigenvalue weighted by molar-refractivity contribution is 7.80. The molecular weight excluding hydrogens is 240 g/mol. The van der Waals surface area contributed by atoms with Gasteiger partial charge in [0.1, 0.15) is 0 Å². The van der Waals surface area contributed by atoms with Gasteiger partial charge < -0.3 is 4.74 Å². The molecule has 1 aliphatic rings. The standard InChI is InChI=1S/C16H32OS/c1-4-9-16(13-18,10-5-2)12-17-15-8-6-7-14(3)11-15/h14-15,18H,4-13H2,1-3H3. The molecule has 2 unspecified atom stereocenters. The molecule has 0 aromatic heterocycles. The lowest BCUT2D eigenvalue weighted by Gasteiger charge is -2.35. The molecule has 18 heavy (non-hydrogen) atoms. The first-order valence-electron chi connectivity index (χ1n) is 7.88. The lowest BCUT2D eigenvalue weighted by Crippen LogP contribution is -2.33. The number of rotatable bonds is 8. The summed E-state index contributed by atoms with van der Waals surface area (Å²) in [4.78, 5) is 0. The van der Waals surface area contributed by atoms with Crippen LogP contribution in [0.15, 0.2) is 0 Å². The predicted molar refractivity (Wildman–Crippen MR) is 83.5 cm³/mol. The van der Waals surface area contributed by atoms with Crippen molar-refractivity contribution in [2.24, 2.45) is 11.3 Å². The van der Waals surface area contributed by atoms with Gasteiger partial charge in [0.25, 0.3) is 0 Å². The van der Waals surface area contributed by atoms with E-state index in [2.05, 4.69) is 33.4 Å². The molecule has 2 atom stereocenters. The first-order valence-corrected chi connectivity index (χ1v) is 8.51. The molecule has 0 aromatic rings. The van der Waals surface area contributed by atoms with Crippen molar-refractivity contribution in [3.05, 3.63) is 0 Å². The van der Waals surface area contributed by atoms with E-state index in [1.165, 1.54) is 51.4 Å². The van der Waals surface area contributed by atoms with Crippen molar-refractivity contribution in [1.82, 2.24) is 0 Å². The fourth-order valence-electron chi connectivity index (χ4n) is 3.36. The van der Waals surface area contributed by atoms with Crippen LogP contribution in [0.25, 0.3) is 0 Å². The molecule has 0 saturated heterocycles. The quantitative estimate of drug-likeness (QED) is 0.605. The monoisotopic (exact) mass is 272 g/mol. The Morgan fingerprint density at radius 3 is 2.33 bits per heavy atom. The predicted octanol–water partition coefficient (Wildman–Crippen LogP) is 5.10. The summed E-state index contributed by atoms with van der Waals surface area (Å²) in [5.41, 5.74) is 0.327. The second kappa shape index (κ2) is 8.47. The molecule has 1 aliphatic carbocycles. The average Bonchev–Trinajstić information content (AvgIpc) is 2.37. The normalized spacial score (nSPS) is 25.3. The van der Waals surface area contributed by atoms with Gasteiger partial charge in [-0.25, -0.2) is 0 Å². The summed E-state index contributed by atoms with van der Waals surface area (Å²) in [5, 5.41) is 0. The summed E-state index contributed by atoms with van der Waals surface area (Å²) in [6.07, 6.45) is 10.8. The van der Waals surface area contributed by atoms with E-state index in [9.17, 15) is 0 Å². The van der Waals surface area contributed by atoms with Gasteiger partial charge in [-0.2, -0.15) is 12.6 Å². The Labute approximate surface area is 119 Å².